The number of hydrogen-bond donors (Lipinski definition) is 3. The minimum Gasteiger partial charge on any atom is -0.479 e. The summed E-state index contributed by atoms with van der Waals surface area (Å²) in [5.74, 6) is -1.70. The lowest BCUT2D eigenvalue weighted by molar-refractivity contribution is -0.147. The molecule has 1 atom stereocenters. The van der Waals surface area contributed by atoms with Gasteiger partial charge < -0.3 is 15.5 Å². The number of nitrogens with zero attached hydrogens (tertiary/aromatic N) is 1. The largest absolute Gasteiger partial charge is 0.479 e. The molecular formula is C14H14N2O4. The molecule has 0 radical (unpaired) electrons. The van der Waals surface area contributed by atoms with Crippen molar-refractivity contribution in [2.75, 3.05) is 6.54 Å². The number of carbonyl (C=O) groups is 2. The number of carboxylic acids is 1. The van der Waals surface area contributed by atoms with Gasteiger partial charge >= 0.3 is 5.97 Å². The van der Waals surface area contributed by atoms with E-state index in [0.717, 1.165) is 5.56 Å². The van der Waals surface area contributed by atoms with E-state index in [2.05, 4.69) is 5.32 Å². The third-order valence-electron chi connectivity index (χ3n) is 2.47. The number of carbonyl (C=O) groups excluding carboxylic acids is 1. The second-order valence-corrected chi connectivity index (χ2v) is 4.00. The Hall–Kier alpha value is -2.65. The minimum absolute atomic E-state index is 0.0498. The molecule has 1 amide bonds. The summed E-state index contributed by atoms with van der Waals surface area (Å²) in [4.78, 5) is 21.7. The van der Waals surface area contributed by atoms with Gasteiger partial charge in [0, 0.05) is 19.0 Å². The van der Waals surface area contributed by atoms with Crippen molar-refractivity contribution in [3.63, 3.8) is 0 Å². The lowest BCUT2D eigenvalue weighted by atomic mass is 10.1. The number of aliphatic hydroxyl groups is 1. The van der Waals surface area contributed by atoms with E-state index in [0.29, 0.717) is 5.56 Å². The van der Waals surface area contributed by atoms with E-state index in [1.165, 1.54) is 6.08 Å². The zero-order valence-corrected chi connectivity index (χ0v) is 10.6. The van der Waals surface area contributed by atoms with Crippen molar-refractivity contribution in [3.8, 4) is 6.07 Å². The van der Waals surface area contributed by atoms with Gasteiger partial charge in [0.15, 0.2) is 6.10 Å². The molecule has 0 saturated heterocycles. The molecule has 104 valence electrons. The Morgan fingerprint density at radius 1 is 1.35 bits per heavy atom. The number of amides is 1. The van der Waals surface area contributed by atoms with E-state index in [4.69, 9.17) is 15.5 Å². The quantitative estimate of drug-likeness (QED) is 0.655. The number of aliphatic hydroxyl groups excluding tert-OH is 1. The van der Waals surface area contributed by atoms with Crippen molar-refractivity contribution in [1.29, 1.82) is 5.26 Å². The molecule has 6 heteroatoms. The summed E-state index contributed by atoms with van der Waals surface area (Å²) in [5.41, 5.74) is 1.30. The Bertz CT molecular complexity index is 543. The predicted octanol–water partition coefficient (Wildman–Crippen LogP) is 0.523. The van der Waals surface area contributed by atoms with Crippen LogP contribution in [0.15, 0.2) is 30.3 Å². The third-order valence-corrected chi connectivity index (χ3v) is 2.47. The Balaban J connectivity index is 2.39. The number of carboxylic acid groups (broad SMARTS) is 1. The topological polar surface area (TPSA) is 110 Å². The first-order valence-corrected chi connectivity index (χ1v) is 5.90. The van der Waals surface area contributed by atoms with Gasteiger partial charge in [0.2, 0.25) is 5.91 Å². The van der Waals surface area contributed by atoms with Crippen LogP contribution in [0.2, 0.25) is 0 Å². The van der Waals surface area contributed by atoms with Crippen LogP contribution in [0.1, 0.15) is 17.5 Å². The first-order chi connectivity index (χ1) is 9.52. The lowest BCUT2D eigenvalue weighted by Gasteiger charge is -2.05. The number of nitrogens with one attached hydrogen (secondary N) is 1. The van der Waals surface area contributed by atoms with Crippen molar-refractivity contribution < 1.29 is 19.8 Å². The van der Waals surface area contributed by atoms with Gasteiger partial charge in [-0.3, -0.25) is 4.79 Å². The predicted molar refractivity (Wildman–Crippen MR) is 71.5 cm³/mol. The van der Waals surface area contributed by atoms with E-state index in [-0.39, 0.29) is 18.9 Å². The molecule has 1 aromatic rings. The molecule has 0 aliphatic heterocycles. The van der Waals surface area contributed by atoms with Crippen molar-refractivity contribution in [2.45, 2.75) is 12.5 Å². The van der Waals surface area contributed by atoms with Crippen LogP contribution < -0.4 is 5.32 Å². The highest BCUT2D eigenvalue weighted by atomic mass is 16.4. The van der Waals surface area contributed by atoms with Crippen LogP contribution in [0.3, 0.4) is 0 Å². The number of rotatable bonds is 6. The first kappa shape index (κ1) is 15.4. The van der Waals surface area contributed by atoms with Crippen LogP contribution in [-0.2, 0) is 9.59 Å². The van der Waals surface area contributed by atoms with Gasteiger partial charge in [-0.25, -0.2) is 4.79 Å². The molecule has 3 N–H and O–H groups in total. The summed E-state index contributed by atoms with van der Waals surface area (Å²) >= 11 is 0. The molecule has 20 heavy (non-hydrogen) atoms. The number of nitriles is 1. The van der Waals surface area contributed by atoms with Gasteiger partial charge in [-0.05, 0) is 23.8 Å². The molecule has 0 saturated carbocycles. The summed E-state index contributed by atoms with van der Waals surface area (Å²) in [7, 11) is 0. The fourth-order valence-electron chi connectivity index (χ4n) is 1.36. The highest BCUT2D eigenvalue weighted by molar-refractivity contribution is 5.91. The molecule has 0 heterocycles. The number of aliphatic carboxylic acids is 1. The Morgan fingerprint density at radius 3 is 2.55 bits per heavy atom. The lowest BCUT2D eigenvalue weighted by Crippen LogP contribution is -2.28. The second-order valence-electron chi connectivity index (χ2n) is 4.00. The number of benzene rings is 1. The summed E-state index contributed by atoms with van der Waals surface area (Å²) in [6, 6.07) is 8.68. The van der Waals surface area contributed by atoms with E-state index in [9.17, 15) is 9.59 Å². The van der Waals surface area contributed by atoms with E-state index in [1.54, 1.807) is 30.3 Å². The molecule has 0 bridgehead atoms. The highest BCUT2D eigenvalue weighted by Gasteiger charge is 2.12. The highest BCUT2D eigenvalue weighted by Crippen LogP contribution is 2.04. The zero-order valence-electron chi connectivity index (χ0n) is 10.6. The molecule has 1 aromatic carbocycles. The molecule has 1 rings (SSSR count). The van der Waals surface area contributed by atoms with Gasteiger partial charge in [0.1, 0.15) is 0 Å². The molecule has 0 aliphatic rings. The van der Waals surface area contributed by atoms with Gasteiger partial charge in [-0.2, -0.15) is 5.26 Å². The van der Waals surface area contributed by atoms with Crippen LogP contribution in [-0.4, -0.2) is 34.7 Å². The monoisotopic (exact) mass is 274 g/mol. The van der Waals surface area contributed by atoms with Gasteiger partial charge in [0.05, 0.1) is 11.6 Å². The normalized spacial score (nSPS) is 11.8. The van der Waals surface area contributed by atoms with Crippen LogP contribution in [0.25, 0.3) is 6.08 Å². The van der Waals surface area contributed by atoms with Gasteiger partial charge in [0.25, 0.3) is 0 Å². The average Bonchev–Trinajstić information content (AvgIpc) is 2.45. The van der Waals surface area contributed by atoms with Crippen LogP contribution in [0, 0.1) is 11.3 Å². The minimum atomic E-state index is -1.47. The summed E-state index contributed by atoms with van der Waals surface area (Å²) < 4.78 is 0. The fraction of sp³-hybridized carbons (Fsp3) is 0.214. The maximum absolute atomic E-state index is 11.4. The van der Waals surface area contributed by atoms with E-state index >= 15 is 0 Å². The molecule has 0 aromatic heterocycles. The standard InChI is InChI=1S/C14H14N2O4/c15-9-11-3-1-10(2-4-11)5-6-13(18)16-8-7-12(17)14(19)20/h1-6,12,17H,7-8H2,(H,16,18)(H,19,20)/b6-5+. The van der Waals surface area contributed by atoms with Crippen molar-refractivity contribution in [1.82, 2.24) is 5.32 Å². The van der Waals surface area contributed by atoms with Crippen molar-refractivity contribution >= 4 is 18.0 Å². The molecule has 0 aliphatic carbocycles. The number of hydrogen-bond acceptors (Lipinski definition) is 4. The van der Waals surface area contributed by atoms with Gasteiger partial charge in [-0.1, -0.05) is 12.1 Å². The first-order valence-electron chi connectivity index (χ1n) is 5.90. The van der Waals surface area contributed by atoms with Crippen molar-refractivity contribution in [3.05, 3.63) is 41.5 Å². The molecule has 0 fully saturated rings. The molecule has 1 unspecified atom stereocenters. The Kier molecular flexibility index (Phi) is 5.94. The SMILES string of the molecule is N#Cc1ccc(/C=C/C(=O)NCCC(O)C(=O)O)cc1. The molecule has 0 spiro atoms. The third kappa shape index (κ3) is 5.33. The van der Waals surface area contributed by atoms with Crippen LogP contribution >= 0.6 is 0 Å². The van der Waals surface area contributed by atoms with Gasteiger partial charge in [-0.15, -0.1) is 0 Å². The Morgan fingerprint density at radius 2 is 2.00 bits per heavy atom. The zero-order chi connectivity index (χ0) is 15.0. The van der Waals surface area contributed by atoms with Crippen LogP contribution in [0.4, 0.5) is 0 Å². The van der Waals surface area contributed by atoms with E-state index in [1.807, 2.05) is 6.07 Å². The Labute approximate surface area is 116 Å². The maximum atomic E-state index is 11.4. The second kappa shape index (κ2) is 7.71. The summed E-state index contributed by atoms with van der Waals surface area (Å²) in [6.07, 6.45) is 1.35. The maximum Gasteiger partial charge on any atom is 0.332 e. The smallest absolute Gasteiger partial charge is 0.332 e. The fourth-order valence-corrected chi connectivity index (χ4v) is 1.36. The summed E-state index contributed by atoms with van der Waals surface area (Å²) in [5, 5.41) is 28.5. The summed E-state index contributed by atoms with van der Waals surface area (Å²) in [6.45, 7) is 0.0734. The molecule has 6 nitrogen and oxygen atoms in total. The molecular weight excluding hydrogens is 260 g/mol. The van der Waals surface area contributed by atoms with Crippen LogP contribution in [0.5, 0.6) is 0 Å². The van der Waals surface area contributed by atoms with Crippen molar-refractivity contribution in [2.24, 2.45) is 0 Å². The average molecular weight is 274 g/mol. The van der Waals surface area contributed by atoms with E-state index < -0.39 is 12.1 Å².